The zero-order valence-corrected chi connectivity index (χ0v) is 31.8. The summed E-state index contributed by atoms with van der Waals surface area (Å²) in [6, 6.07) is 83.1. The number of nitrogens with zero attached hydrogens (tertiary/aromatic N) is 1. The van der Waals surface area contributed by atoms with Crippen LogP contribution >= 0.6 is 0 Å². The Balaban J connectivity index is 1.11. The molecule has 0 aliphatic heterocycles. The summed E-state index contributed by atoms with van der Waals surface area (Å²) in [7, 11) is 0. The van der Waals surface area contributed by atoms with E-state index in [1.165, 1.54) is 88.3 Å². The van der Waals surface area contributed by atoms with Crippen LogP contribution in [0.1, 0.15) is 22.3 Å². The Labute approximate surface area is 338 Å². The van der Waals surface area contributed by atoms with Gasteiger partial charge in [-0.1, -0.05) is 194 Å². The van der Waals surface area contributed by atoms with Crippen molar-refractivity contribution in [3.05, 3.63) is 247 Å². The molecular formula is C57H37N. The molecule has 0 fully saturated rings. The molecule has 0 saturated carbocycles. The highest BCUT2D eigenvalue weighted by atomic mass is 15.1. The molecule has 0 atom stereocenters. The number of fused-ring (bicyclic) bond motifs is 13. The molecular weight excluding hydrogens is 699 g/mol. The van der Waals surface area contributed by atoms with Crippen LogP contribution in [0.4, 0.5) is 17.1 Å². The summed E-state index contributed by atoms with van der Waals surface area (Å²) in [6.07, 6.45) is 0. The van der Waals surface area contributed by atoms with Crippen LogP contribution in [-0.2, 0) is 5.41 Å². The third-order valence-corrected chi connectivity index (χ3v) is 12.7. The van der Waals surface area contributed by atoms with Gasteiger partial charge in [-0.3, -0.25) is 0 Å². The molecule has 2 aliphatic rings. The van der Waals surface area contributed by atoms with Crippen LogP contribution in [0.2, 0.25) is 0 Å². The van der Waals surface area contributed by atoms with E-state index in [9.17, 15) is 0 Å². The molecule has 0 aromatic heterocycles. The Morgan fingerprint density at radius 1 is 0.276 bits per heavy atom. The Hall–Kier alpha value is -7.48. The molecule has 0 amide bonds. The minimum absolute atomic E-state index is 0.433. The lowest BCUT2D eigenvalue weighted by Crippen LogP contribution is -2.26. The molecule has 1 spiro atoms. The van der Waals surface area contributed by atoms with E-state index in [-0.39, 0.29) is 0 Å². The normalized spacial score (nSPS) is 13.0. The number of hydrogen-bond acceptors (Lipinski definition) is 1. The first kappa shape index (κ1) is 32.7. The average Bonchev–Trinajstić information content (AvgIpc) is 3.77. The van der Waals surface area contributed by atoms with Crippen LogP contribution < -0.4 is 4.90 Å². The van der Waals surface area contributed by atoms with E-state index >= 15 is 0 Å². The lowest BCUT2D eigenvalue weighted by molar-refractivity contribution is 0.793. The zero-order valence-electron chi connectivity index (χ0n) is 31.8. The minimum atomic E-state index is -0.433. The molecule has 10 aromatic rings. The molecule has 0 N–H and O–H groups in total. The molecule has 0 heterocycles. The summed E-state index contributed by atoms with van der Waals surface area (Å²) in [4.78, 5) is 2.49. The van der Waals surface area contributed by atoms with E-state index in [2.05, 4.69) is 229 Å². The number of benzene rings is 10. The highest BCUT2D eigenvalue weighted by Crippen LogP contribution is 2.63. The van der Waals surface area contributed by atoms with E-state index in [0.29, 0.717) is 0 Å². The predicted octanol–water partition coefficient (Wildman–Crippen LogP) is 15.1. The third kappa shape index (κ3) is 4.65. The van der Waals surface area contributed by atoms with E-state index < -0.39 is 5.41 Å². The van der Waals surface area contributed by atoms with Gasteiger partial charge in [-0.15, -0.1) is 0 Å². The summed E-state index contributed by atoms with van der Waals surface area (Å²) < 4.78 is 0. The van der Waals surface area contributed by atoms with Gasteiger partial charge in [0.1, 0.15) is 0 Å². The quantitative estimate of drug-likeness (QED) is 0.159. The lowest BCUT2D eigenvalue weighted by atomic mass is 9.70. The van der Waals surface area contributed by atoms with Gasteiger partial charge in [-0.05, 0) is 113 Å². The van der Waals surface area contributed by atoms with Gasteiger partial charge in [-0.25, -0.2) is 0 Å². The van der Waals surface area contributed by atoms with Crippen molar-refractivity contribution in [3.63, 3.8) is 0 Å². The molecule has 1 heteroatoms. The highest BCUT2D eigenvalue weighted by Gasteiger charge is 2.51. The second-order valence-electron chi connectivity index (χ2n) is 15.6. The van der Waals surface area contributed by atoms with Crippen molar-refractivity contribution in [3.8, 4) is 44.5 Å². The Bertz CT molecular complexity index is 3170. The van der Waals surface area contributed by atoms with Crippen molar-refractivity contribution < 1.29 is 0 Å². The molecule has 58 heavy (non-hydrogen) atoms. The van der Waals surface area contributed by atoms with Gasteiger partial charge in [0.15, 0.2) is 0 Å². The maximum Gasteiger partial charge on any atom is 0.0726 e. The lowest BCUT2D eigenvalue weighted by Gasteiger charge is -2.32. The summed E-state index contributed by atoms with van der Waals surface area (Å²) in [5.41, 5.74) is 18.4. The monoisotopic (exact) mass is 735 g/mol. The SMILES string of the molecule is c1ccc(-c2ccccc2-c2ccc(N(c3ccc4c(c3)C3(c5ccccc5-c5ccccc53)c3ccccc3-4)c3cc4ccccc4c4ccccc34)cc2)cc1. The van der Waals surface area contributed by atoms with E-state index in [1.54, 1.807) is 0 Å². The molecule has 1 nitrogen and oxygen atoms in total. The highest BCUT2D eigenvalue weighted by molar-refractivity contribution is 6.14. The van der Waals surface area contributed by atoms with Crippen molar-refractivity contribution in [2.75, 3.05) is 4.90 Å². The first-order valence-corrected chi connectivity index (χ1v) is 20.2. The topological polar surface area (TPSA) is 3.24 Å². The maximum atomic E-state index is 2.50. The van der Waals surface area contributed by atoms with Crippen LogP contribution in [0.3, 0.4) is 0 Å². The summed E-state index contributed by atoms with van der Waals surface area (Å²) >= 11 is 0. The maximum absolute atomic E-state index is 2.50. The van der Waals surface area contributed by atoms with Crippen molar-refractivity contribution in [2.45, 2.75) is 5.41 Å². The second kappa shape index (κ2) is 12.8. The van der Waals surface area contributed by atoms with E-state index in [0.717, 1.165) is 17.1 Å². The van der Waals surface area contributed by atoms with Gasteiger partial charge >= 0.3 is 0 Å². The minimum Gasteiger partial charge on any atom is -0.310 e. The van der Waals surface area contributed by atoms with Crippen LogP contribution in [0.15, 0.2) is 224 Å². The van der Waals surface area contributed by atoms with E-state index in [1.807, 2.05) is 0 Å². The molecule has 0 saturated heterocycles. The zero-order chi connectivity index (χ0) is 38.2. The fourth-order valence-corrected chi connectivity index (χ4v) is 10.3. The number of rotatable bonds is 5. The molecule has 10 aromatic carbocycles. The van der Waals surface area contributed by atoms with Crippen LogP contribution in [-0.4, -0.2) is 0 Å². The largest absolute Gasteiger partial charge is 0.310 e. The van der Waals surface area contributed by atoms with Crippen molar-refractivity contribution in [1.29, 1.82) is 0 Å². The van der Waals surface area contributed by atoms with Gasteiger partial charge in [-0.2, -0.15) is 0 Å². The first-order valence-electron chi connectivity index (χ1n) is 20.2. The van der Waals surface area contributed by atoms with Crippen LogP contribution in [0.25, 0.3) is 66.1 Å². The second-order valence-corrected chi connectivity index (χ2v) is 15.6. The van der Waals surface area contributed by atoms with Crippen molar-refractivity contribution in [1.82, 2.24) is 0 Å². The Kier molecular flexibility index (Phi) is 7.21. The van der Waals surface area contributed by atoms with Crippen molar-refractivity contribution >= 4 is 38.6 Å². The van der Waals surface area contributed by atoms with Gasteiger partial charge < -0.3 is 4.90 Å². The summed E-state index contributed by atoms with van der Waals surface area (Å²) in [6.45, 7) is 0. The van der Waals surface area contributed by atoms with Crippen LogP contribution in [0.5, 0.6) is 0 Å². The Morgan fingerprint density at radius 3 is 1.34 bits per heavy atom. The smallest absolute Gasteiger partial charge is 0.0726 e. The Morgan fingerprint density at radius 2 is 0.724 bits per heavy atom. The molecule has 0 unspecified atom stereocenters. The van der Waals surface area contributed by atoms with Gasteiger partial charge in [0.2, 0.25) is 0 Å². The standard InChI is InChI=1S/C57H37N/c1-2-16-38(17-3-1)43-19-6-7-20-44(43)39-30-32-41(33-31-39)58(56-36-40-18-4-5-21-45(40)46-22-8-9-26-51(46)56)42-34-35-50-49-25-12-15-29-54(49)57(55(50)37-42)52-27-13-10-23-47(52)48-24-11-14-28-53(48)57/h1-37H. The summed E-state index contributed by atoms with van der Waals surface area (Å²) in [5, 5.41) is 4.95. The van der Waals surface area contributed by atoms with Gasteiger partial charge in [0, 0.05) is 16.8 Å². The average molecular weight is 736 g/mol. The molecule has 0 radical (unpaired) electrons. The molecule has 270 valence electrons. The van der Waals surface area contributed by atoms with E-state index in [4.69, 9.17) is 0 Å². The van der Waals surface area contributed by atoms with Gasteiger partial charge in [0.25, 0.3) is 0 Å². The number of hydrogen-bond donors (Lipinski definition) is 0. The molecule has 0 bridgehead atoms. The summed E-state index contributed by atoms with van der Waals surface area (Å²) in [5.74, 6) is 0. The number of anilines is 3. The fraction of sp³-hybridized carbons (Fsp3) is 0.0175. The van der Waals surface area contributed by atoms with Crippen LogP contribution in [0, 0.1) is 0 Å². The van der Waals surface area contributed by atoms with Crippen molar-refractivity contribution in [2.24, 2.45) is 0 Å². The first-order chi connectivity index (χ1) is 28.8. The van der Waals surface area contributed by atoms with Gasteiger partial charge in [0.05, 0.1) is 11.1 Å². The fourth-order valence-electron chi connectivity index (χ4n) is 10.3. The third-order valence-electron chi connectivity index (χ3n) is 12.7. The molecule has 2 aliphatic carbocycles. The molecule has 12 rings (SSSR count). The predicted molar refractivity (Wildman–Crippen MR) is 243 cm³/mol.